The lowest BCUT2D eigenvalue weighted by molar-refractivity contribution is -0.146. The molecule has 0 atom stereocenters. The molecule has 0 bridgehead atoms. The van der Waals surface area contributed by atoms with E-state index in [0.717, 1.165) is 5.56 Å². The molecule has 0 spiro atoms. The number of likely N-dealkylation sites (tertiary alicyclic amines) is 1. The third-order valence-electron chi connectivity index (χ3n) is 4.00. The minimum Gasteiger partial charge on any atom is -0.481 e. The molecule has 1 aliphatic heterocycles. The third kappa shape index (κ3) is 5.74. The van der Waals surface area contributed by atoms with Crippen molar-refractivity contribution in [3.63, 3.8) is 0 Å². The number of rotatable bonds is 2. The number of benzene rings is 1. The quantitative estimate of drug-likeness (QED) is 0.857. The van der Waals surface area contributed by atoms with Crippen LogP contribution in [-0.4, -0.2) is 54.9 Å². The monoisotopic (exact) mass is 350 g/mol. The van der Waals surface area contributed by atoms with Gasteiger partial charge in [0.2, 0.25) is 0 Å². The van der Waals surface area contributed by atoms with Crippen molar-refractivity contribution < 1.29 is 19.4 Å². The van der Waals surface area contributed by atoms with Crippen LogP contribution >= 0.6 is 0 Å². The maximum absolute atomic E-state index is 12.1. The van der Waals surface area contributed by atoms with Crippen molar-refractivity contribution in [3.8, 4) is 0 Å². The van der Waals surface area contributed by atoms with Gasteiger partial charge < -0.3 is 20.1 Å². The number of amides is 1. The van der Waals surface area contributed by atoms with Crippen LogP contribution in [0, 0.1) is 0 Å². The van der Waals surface area contributed by atoms with Crippen LogP contribution < -0.4 is 5.32 Å². The smallest absolute Gasteiger partial charge is 0.410 e. The van der Waals surface area contributed by atoms with E-state index in [0.29, 0.717) is 25.9 Å². The molecule has 1 fully saturated rings. The van der Waals surface area contributed by atoms with E-state index in [1.165, 1.54) is 0 Å². The number of nitrogens with zero attached hydrogens (tertiary/aromatic N) is 1. The summed E-state index contributed by atoms with van der Waals surface area (Å²) in [5.41, 5.74) is -0.663. The summed E-state index contributed by atoms with van der Waals surface area (Å²) in [5, 5.41) is 12.5. The third-order valence-corrected chi connectivity index (χ3v) is 4.00. The summed E-state index contributed by atoms with van der Waals surface area (Å²) < 4.78 is 5.35. The Hall–Kier alpha value is -2.08. The van der Waals surface area contributed by atoms with Gasteiger partial charge in [0.25, 0.3) is 0 Å². The van der Waals surface area contributed by atoms with E-state index >= 15 is 0 Å². The number of carbonyl (C=O) groups is 2. The van der Waals surface area contributed by atoms with Crippen molar-refractivity contribution in [1.29, 1.82) is 0 Å². The zero-order chi connectivity index (χ0) is 19.1. The fourth-order valence-electron chi connectivity index (χ4n) is 2.78. The highest BCUT2D eigenvalue weighted by Crippen LogP contribution is 2.36. The Bertz CT molecular complexity index is 559. The van der Waals surface area contributed by atoms with Crippen LogP contribution in [0.5, 0.6) is 0 Å². The lowest BCUT2D eigenvalue weighted by Gasteiger charge is -2.39. The average Bonchev–Trinajstić information content (AvgIpc) is 2.54. The predicted molar refractivity (Wildman–Crippen MR) is 97.8 cm³/mol. The van der Waals surface area contributed by atoms with Crippen LogP contribution in [0.15, 0.2) is 30.3 Å². The van der Waals surface area contributed by atoms with Gasteiger partial charge in [-0.1, -0.05) is 30.3 Å². The molecule has 1 amide bonds. The van der Waals surface area contributed by atoms with Gasteiger partial charge >= 0.3 is 12.1 Å². The molecular formula is C19H30N2O4. The number of carboxylic acids is 1. The maximum atomic E-state index is 12.1. The second kappa shape index (κ2) is 8.85. The molecule has 0 aliphatic carbocycles. The number of piperidine rings is 1. The van der Waals surface area contributed by atoms with E-state index in [4.69, 9.17) is 4.74 Å². The second-order valence-electron chi connectivity index (χ2n) is 7.22. The minimum absolute atomic E-state index is 0.375. The summed E-state index contributed by atoms with van der Waals surface area (Å²) in [6, 6.07) is 9.25. The van der Waals surface area contributed by atoms with Gasteiger partial charge in [0.15, 0.2) is 0 Å². The van der Waals surface area contributed by atoms with E-state index in [9.17, 15) is 14.7 Å². The number of nitrogens with one attached hydrogen (secondary N) is 1. The summed E-state index contributed by atoms with van der Waals surface area (Å²) in [7, 11) is 3.75. The van der Waals surface area contributed by atoms with Crippen LogP contribution in [0.3, 0.4) is 0 Å². The fourth-order valence-corrected chi connectivity index (χ4v) is 2.78. The van der Waals surface area contributed by atoms with Gasteiger partial charge in [-0.3, -0.25) is 4.79 Å². The van der Waals surface area contributed by atoms with Crippen molar-refractivity contribution in [1.82, 2.24) is 10.2 Å². The molecule has 6 nitrogen and oxygen atoms in total. The predicted octanol–water partition coefficient (Wildman–Crippen LogP) is 2.88. The highest BCUT2D eigenvalue weighted by atomic mass is 16.6. The number of carbonyl (C=O) groups excluding carboxylic acids is 1. The maximum Gasteiger partial charge on any atom is 0.410 e. The Morgan fingerprint density at radius 1 is 1.12 bits per heavy atom. The SMILES string of the molecule is CC(C)(C)OC(=O)N1CCC(C(=O)O)(c2ccccc2)CC1.CNC. The molecule has 2 N–H and O–H groups in total. The van der Waals surface area contributed by atoms with Gasteiger partial charge in [-0.05, 0) is 53.3 Å². The Balaban J connectivity index is 0.000000970. The summed E-state index contributed by atoms with van der Waals surface area (Å²) >= 11 is 0. The Kier molecular flexibility index (Phi) is 7.42. The van der Waals surface area contributed by atoms with E-state index in [-0.39, 0.29) is 6.09 Å². The molecule has 1 aliphatic rings. The molecule has 1 saturated heterocycles. The first-order chi connectivity index (χ1) is 11.7. The first-order valence-electron chi connectivity index (χ1n) is 8.51. The topological polar surface area (TPSA) is 78.9 Å². The number of hydrogen-bond acceptors (Lipinski definition) is 4. The van der Waals surface area contributed by atoms with Crippen LogP contribution in [0.1, 0.15) is 39.2 Å². The number of carboxylic acid groups (broad SMARTS) is 1. The zero-order valence-electron chi connectivity index (χ0n) is 15.8. The zero-order valence-corrected chi connectivity index (χ0v) is 15.8. The lowest BCUT2D eigenvalue weighted by atomic mass is 9.73. The van der Waals surface area contributed by atoms with Gasteiger partial charge in [0.05, 0.1) is 5.41 Å². The molecule has 1 aromatic rings. The van der Waals surface area contributed by atoms with Crippen LogP contribution in [-0.2, 0) is 14.9 Å². The molecule has 2 rings (SSSR count). The van der Waals surface area contributed by atoms with E-state index < -0.39 is 17.0 Å². The molecule has 0 saturated carbocycles. The average molecular weight is 350 g/mol. The summed E-state index contributed by atoms with van der Waals surface area (Å²) in [6.45, 7) is 6.23. The van der Waals surface area contributed by atoms with E-state index in [2.05, 4.69) is 5.32 Å². The van der Waals surface area contributed by atoms with Crippen molar-refractivity contribution in [2.45, 2.75) is 44.6 Å². The lowest BCUT2D eigenvalue weighted by Crippen LogP contribution is -2.50. The molecule has 0 aromatic heterocycles. The first kappa shape index (κ1) is 21.0. The van der Waals surface area contributed by atoms with Gasteiger partial charge in [0.1, 0.15) is 5.60 Å². The van der Waals surface area contributed by atoms with Gasteiger partial charge in [-0.2, -0.15) is 0 Å². The summed E-state index contributed by atoms with van der Waals surface area (Å²) in [6.07, 6.45) is 0.413. The normalized spacial score (nSPS) is 16.4. The van der Waals surface area contributed by atoms with Crippen LogP contribution in [0.4, 0.5) is 4.79 Å². The Morgan fingerprint density at radius 2 is 1.60 bits per heavy atom. The van der Waals surface area contributed by atoms with Gasteiger partial charge in [-0.25, -0.2) is 4.79 Å². The number of ether oxygens (including phenoxy) is 1. The highest BCUT2D eigenvalue weighted by molar-refractivity contribution is 5.82. The molecule has 1 heterocycles. The van der Waals surface area contributed by atoms with E-state index in [1.54, 1.807) is 4.90 Å². The molecule has 0 radical (unpaired) electrons. The minimum atomic E-state index is -0.917. The Labute approximate surface area is 150 Å². The van der Waals surface area contributed by atoms with E-state index in [1.807, 2.05) is 65.2 Å². The largest absolute Gasteiger partial charge is 0.481 e. The van der Waals surface area contributed by atoms with Crippen molar-refractivity contribution in [3.05, 3.63) is 35.9 Å². The number of hydrogen-bond donors (Lipinski definition) is 2. The van der Waals surface area contributed by atoms with Crippen molar-refractivity contribution in [2.24, 2.45) is 0 Å². The van der Waals surface area contributed by atoms with Crippen molar-refractivity contribution >= 4 is 12.1 Å². The fraction of sp³-hybridized carbons (Fsp3) is 0.579. The van der Waals surface area contributed by atoms with Crippen molar-refractivity contribution in [2.75, 3.05) is 27.2 Å². The standard InChI is InChI=1S/C17H23NO4.C2H7N/c1-16(2,3)22-15(21)18-11-9-17(10-12-18,14(19)20)13-7-5-4-6-8-13;1-3-2/h4-8H,9-12H2,1-3H3,(H,19,20);3H,1-2H3. The van der Waals surface area contributed by atoms with Crippen LogP contribution in [0.2, 0.25) is 0 Å². The Morgan fingerprint density at radius 3 is 2.00 bits per heavy atom. The second-order valence-corrected chi connectivity index (χ2v) is 7.22. The van der Waals surface area contributed by atoms with Gasteiger partial charge in [-0.15, -0.1) is 0 Å². The van der Waals surface area contributed by atoms with Gasteiger partial charge in [0, 0.05) is 13.1 Å². The molecular weight excluding hydrogens is 320 g/mol. The molecule has 6 heteroatoms. The highest BCUT2D eigenvalue weighted by Gasteiger charge is 2.44. The summed E-state index contributed by atoms with van der Waals surface area (Å²) in [4.78, 5) is 25.5. The molecule has 140 valence electrons. The van der Waals surface area contributed by atoms with Crippen LogP contribution in [0.25, 0.3) is 0 Å². The molecule has 1 aromatic carbocycles. The molecule has 25 heavy (non-hydrogen) atoms. The number of aliphatic carboxylic acids is 1. The molecule has 0 unspecified atom stereocenters. The summed E-state index contributed by atoms with van der Waals surface area (Å²) in [5.74, 6) is -0.831. The first-order valence-corrected chi connectivity index (χ1v) is 8.51.